The van der Waals surface area contributed by atoms with Crippen LogP contribution >= 0.6 is 36.6 Å². The molecule has 4 heterocycles. The van der Waals surface area contributed by atoms with E-state index in [1.165, 1.54) is 28.6 Å². The van der Waals surface area contributed by atoms with Gasteiger partial charge in [-0.1, -0.05) is 48.2 Å². The van der Waals surface area contributed by atoms with Gasteiger partial charge in [0.1, 0.15) is 6.17 Å². The van der Waals surface area contributed by atoms with Gasteiger partial charge in [0, 0.05) is 32.4 Å². The highest BCUT2D eigenvalue weighted by Gasteiger charge is 2.37. The molecular formula is C23H28Cl2N4OS. The number of hydrogen-bond acceptors (Lipinski definition) is 5. The SMILES string of the molecule is Cl.Cl.O=CN1C=C2C=C(N3CCN(CCCc4ccccc4)CC3)SC3=CC=CC1N23. The summed E-state index contributed by atoms with van der Waals surface area (Å²) in [5.41, 5.74) is 2.54. The lowest BCUT2D eigenvalue weighted by Crippen LogP contribution is -2.46. The zero-order valence-electron chi connectivity index (χ0n) is 17.3. The number of rotatable bonds is 6. The summed E-state index contributed by atoms with van der Waals surface area (Å²) in [6.07, 6.45) is 13.7. The Morgan fingerprint density at radius 1 is 1.03 bits per heavy atom. The standard InChI is InChI=1S/C23H26N4OS.2ClH/c28-18-26-17-20-16-23(29-22-10-4-9-21(26)27(20)22)25-14-12-24(13-15-25)11-5-8-19-6-2-1-3-7-19;;/h1-4,6-7,9-10,16-18,21H,5,8,11-15H2;2*1H. The van der Waals surface area contributed by atoms with Gasteiger partial charge < -0.3 is 9.80 Å². The van der Waals surface area contributed by atoms with Crippen molar-refractivity contribution in [3.05, 3.63) is 82.2 Å². The molecule has 0 saturated carbocycles. The topological polar surface area (TPSA) is 30.0 Å². The van der Waals surface area contributed by atoms with Crippen molar-refractivity contribution in [1.29, 1.82) is 0 Å². The molecule has 0 N–H and O–H groups in total. The molecule has 1 saturated heterocycles. The van der Waals surface area contributed by atoms with Crippen LogP contribution in [0.2, 0.25) is 0 Å². The Morgan fingerprint density at radius 3 is 2.55 bits per heavy atom. The minimum absolute atomic E-state index is 0. The molecule has 0 aliphatic carbocycles. The monoisotopic (exact) mass is 478 g/mol. The maximum absolute atomic E-state index is 11.4. The second-order valence-corrected chi connectivity index (χ2v) is 8.82. The number of benzene rings is 1. The molecule has 1 amide bonds. The Kier molecular flexibility index (Phi) is 8.17. The second-order valence-electron chi connectivity index (χ2n) is 7.78. The van der Waals surface area contributed by atoms with Gasteiger partial charge in [0.2, 0.25) is 6.41 Å². The van der Waals surface area contributed by atoms with Gasteiger partial charge in [0.05, 0.1) is 15.8 Å². The van der Waals surface area contributed by atoms with Crippen molar-refractivity contribution in [2.45, 2.75) is 19.0 Å². The van der Waals surface area contributed by atoms with Gasteiger partial charge >= 0.3 is 0 Å². The number of hydrogen-bond donors (Lipinski definition) is 0. The predicted octanol–water partition coefficient (Wildman–Crippen LogP) is 4.02. The number of allylic oxidation sites excluding steroid dienone is 3. The summed E-state index contributed by atoms with van der Waals surface area (Å²) >= 11 is 1.82. The first-order valence-corrected chi connectivity index (χ1v) is 11.2. The lowest BCUT2D eigenvalue weighted by Gasteiger charge is -2.41. The van der Waals surface area contributed by atoms with Crippen molar-refractivity contribution in [1.82, 2.24) is 19.6 Å². The molecular weight excluding hydrogens is 451 g/mol. The van der Waals surface area contributed by atoms with E-state index in [4.69, 9.17) is 0 Å². The molecule has 0 radical (unpaired) electrons. The Hall–Kier alpha value is -1.86. The van der Waals surface area contributed by atoms with Gasteiger partial charge in [0.25, 0.3) is 0 Å². The summed E-state index contributed by atoms with van der Waals surface area (Å²) in [6, 6.07) is 10.8. The average Bonchev–Trinajstić information content (AvgIpc) is 3.14. The van der Waals surface area contributed by atoms with Gasteiger partial charge in [-0.15, -0.1) is 24.8 Å². The number of amides is 1. The summed E-state index contributed by atoms with van der Waals surface area (Å²) in [4.78, 5) is 20.5. The number of nitrogens with zero attached hydrogens (tertiary/aromatic N) is 4. The maximum atomic E-state index is 11.4. The van der Waals surface area contributed by atoms with Crippen LogP contribution in [0.5, 0.6) is 0 Å². The first kappa shape index (κ1) is 23.8. The largest absolute Gasteiger partial charge is 0.363 e. The summed E-state index contributed by atoms with van der Waals surface area (Å²) in [6.45, 7) is 5.50. The summed E-state index contributed by atoms with van der Waals surface area (Å²) in [5, 5.41) is 2.50. The molecule has 1 atom stereocenters. The maximum Gasteiger partial charge on any atom is 0.215 e. The molecule has 5 rings (SSSR count). The highest BCUT2D eigenvalue weighted by Crippen LogP contribution is 2.44. The Morgan fingerprint density at radius 2 is 1.81 bits per heavy atom. The van der Waals surface area contributed by atoms with Crippen molar-refractivity contribution < 1.29 is 4.79 Å². The zero-order valence-corrected chi connectivity index (χ0v) is 19.7. The highest BCUT2D eigenvalue weighted by molar-refractivity contribution is 8.06. The number of carbonyl (C=O) groups excluding carboxylic acids is 1. The van der Waals surface area contributed by atoms with Crippen LogP contribution in [0.4, 0.5) is 0 Å². The van der Waals surface area contributed by atoms with E-state index >= 15 is 0 Å². The number of aryl methyl sites for hydroxylation is 1. The molecule has 0 bridgehead atoms. The normalized spacial score (nSPS) is 22.0. The second kappa shape index (κ2) is 10.6. The lowest BCUT2D eigenvalue weighted by atomic mass is 10.1. The average molecular weight is 479 g/mol. The number of halogens is 2. The first-order valence-electron chi connectivity index (χ1n) is 10.3. The van der Waals surface area contributed by atoms with Gasteiger partial charge in [-0.2, -0.15) is 0 Å². The van der Waals surface area contributed by atoms with E-state index in [0.29, 0.717) is 0 Å². The Bertz CT molecular complexity index is 894. The Balaban J connectivity index is 0.00000136. The smallest absolute Gasteiger partial charge is 0.215 e. The number of thioether (sulfide) groups is 1. The molecule has 166 valence electrons. The molecule has 1 unspecified atom stereocenters. The predicted molar refractivity (Wildman–Crippen MR) is 132 cm³/mol. The molecule has 0 aromatic heterocycles. The molecule has 4 aliphatic heterocycles. The lowest BCUT2D eigenvalue weighted by molar-refractivity contribution is -0.117. The first-order chi connectivity index (χ1) is 14.3. The third-order valence-electron chi connectivity index (χ3n) is 5.96. The van der Waals surface area contributed by atoms with Crippen molar-refractivity contribution in [2.24, 2.45) is 0 Å². The van der Waals surface area contributed by atoms with Crippen LogP contribution in [0, 0.1) is 0 Å². The van der Waals surface area contributed by atoms with Crippen molar-refractivity contribution >= 4 is 43.0 Å². The van der Waals surface area contributed by atoms with E-state index in [1.807, 2.05) is 18.0 Å². The molecule has 1 aromatic rings. The van der Waals surface area contributed by atoms with Crippen molar-refractivity contribution in [2.75, 3.05) is 32.7 Å². The van der Waals surface area contributed by atoms with E-state index in [0.717, 1.165) is 44.7 Å². The van der Waals surface area contributed by atoms with Crippen molar-refractivity contribution in [3.63, 3.8) is 0 Å². The van der Waals surface area contributed by atoms with Crippen LogP contribution < -0.4 is 0 Å². The van der Waals surface area contributed by atoms with E-state index in [2.05, 4.69) is 69.3 Å². The molecule has 31 heavy (non-hydrogen) atoms. The summed E-state index contributed by atoms with van der Waals surface area (Å²) < 4.78 is 0. The van der Waals surface area contributed by atoms with E-state index in [1.54, 1.807) is 4.90 Å². The van der Waals surface area contributed by atoms with Crippen LogP contribution in [0.25, 0.3) is 0 Å². The molecule has 4 aliphatic rings. The number of carbonyl (C=O) groups is 1. The fourth-order valence-corrected chi connectivity index (χ4v) is 5.55. The number of piperazine rings is 1. The van der Waals surface area contributed by atoms with E-state index in [-0.39, 0.29) is 31.0 Å². The third kappa shape index (κ3) is 4.98. The van der Waals surface area contributed by atoms with Crippen LogP contribution in [-0.4, -0.2) is 64.9 Å². The molecule has 1 fully saturated rings. The van der Waals surface area contributed by atoms with E-state index in [9.17, 15) is 4.79 Å². The van der Waals surface area contributed by atoms with Crippen LogP contribution in [0.15, 0.2) is 76.6 Å². The highest BCUT2D eigenvalue weighted by atomic mass is 35.5. The van der Waals surface area contributed by atoms with Gasteiger partial charge in [-0.3, -0.25) is 14.6 Å². The molecule has 1 aromatic carbocycles. The van der Waals surface area contributed by atoms with Gasteiger partial charge in [-0.05, 0) is 43.2 Å². The Labute approximate surface area is 200 Å². The van der Waals surface area contributed by atoms with Crippen LogP contribution in [-0.2, 0) is 11.2 Å². The van der Waals surface area contributed by atoms with E-state index < -0.39 is 0 Å². The summed E-state index contributed by atoms with van der Waals surface area (Å²) in [5.74, 6) is 0. The van der Waals surface area contributed by atoms with Gasteiger partial charge in [-0.25, -0.2) is 0 Å². The van der Waals surface area contributed by atoms with Crippen molar-refractivity contribution in [3.8, 4) is 0 Å². The van der Waals surface area contributed by atoms with Gasteiger partial charge in [0.15, 0.2) is 0 Å². The molecule has 5 nitrogen and oxygen atoms in total. The van der Waals surface area contributed by atoms with Crippen LogP contribution in [0.3, 0.4) is 0 Å². The quantitative estimate of drug-likeness (QED) is 0.576. The summed E-state index contributed by atoms with van der Waals surface area (Å²) in [7, 11) is 0. The van der Waals surface area contributed by atoms with Crippen LogP contribution in [0.1, 0.15) is 12.0 Å². The fraction of sp³-hybridized carbons (Fsp3) is 0.348. The fourth-order valence-electron chi connectivity index (χ4n) is 4.38. The third-order valence-corrected chi connectivity index (χ3v) is 7.08. The minimum Gasteiger partial charge on any atom is -0.363 e. The minimum atomic E-state index is -0.00531. The molecule has 0 spiro atoms. The molecule has 8 heteroatoms. The zero-order chi connectivity index (χ0) is 19.6.